The van der Waals surface area contributed by atoms with E-state index >= 15 is 0 Å². The number of imidazole rings is 1. The van der Waals surface area contributed by atoms with E-state index in [1.807, 2.05) is 6.07 Å². The maximum absolute atomic E-state index is 11.2. The van der Waals surface area contributed by atoms with Gasteiger partial charge in [-0.1, -0.05) is 0 Å². The molecule has 1 aromatic carbocycles. The van der Waals surface area contributed by atoms with Crippen LogP contribution < -0.4 is 16.8 Å². The van der Waals surface area contributed by atoms with Crippen LogP contribution in [0.25, 0.3) is 11.0 Å². The fourth-order valence-electron chi connectivity index (χ4n) is 1.44. The number of amides is 1. The quantitative estimate of drug-likeness (QED) is 0.588. The van der Waals surface area contributed by atoms with Gasteiger partial charge in [0.25, 0.3) is 0 Å². The molecule has 17 heavy (non-hydrogen) atoms. The molecular weight excluding hydrogens is 218 g/mol. The Morgan fingerprint density at radius 1 is 1.47 bits per heavy atom. The van der Waals surface area contributed by atoms with Crippen LogP contribution in [0.1, 0.15) is 13.8 Å². The lowest BCUT2D eigenvalue weighted by Gasteiger charge is -2.21. The van der Waals surface area contributed by atoms with Crippen molar-refractivity contribution in [2.24, 2.45) is 5.73 Å². The number of aromatic amines is 1. The number of anilines is 2. The summed E-state index contributed by atoms with van der Waals surface area (Å²) in [6.45, 7) is 3.38. The topological polar surface area (TPSA) is 110 Å². The second-order valence-electron chi connectivity index (χ2n) is 4.48. The van der Waals surface area contributed by atoms with Gasteiger partial charge in [0.05, 0.1) is 11.0 Å². The first kappa shape index (κ1) is 11.3. The molecule has 6 nitrogen and oxygen atoms in total. The van der Waals surface area contributed by atoms with Gasteiger partial charge in [-0.05, 0) is 32.0 Å². The van der Waals surface area contributed by atoms with E-state index in [-0.39, 0.29) is 0 Å². The number of fused-ring (bicyclic) bond motifs is 1. The third kappa shape index (κ3) is 2.15. The normalized spacial score (nSPS) is 11.6. The van der Waals surface area contributed by atoms with Crippen LogP contribution in [0, 0.1) is 0 Å². The second-order valence-corrected chi connectivity index (χ2v) is 4.48. The van der Waals surface area contributed by atoms with Crippen LogP contribution >= 0.6 is 0 Å². The molecule has 0 saturated heterocycles. The molecule has 0 spiro atoms. The molecule has 0 atom stereocenters. The molecule has 0 bridgehead atoms. The summed E-state index contributed by atoms with van der Waals surface area (Å²) in [5.74, 6) is 0.0480. The van der Waals surface area contributed by atoms with Crippen LogP contribution in [0.3, 0.4) is 0 Å². The Balaban J connectivity index is 2.34. The highest BCUT2D eigenvalue weighted by Gasteiger charge is 2.25. The molecule has 2 aromatic rings. The molecule has 0 unspecified atom stereocenters. The molecule has 0 saturated carbocycles. The van der Waals surface area contributed by atoms with Gasteiger partial charge in [-0.15, -0.1) is 0 Å². The summed E-state index contributed by atoms with van der Waals surface area (Å²) in [7, 11) is 0. The van der Waals surface area contributed by atoms with E-state index in [0.717, 1.165) is 11.0 Å². The molecule has 0 fully saturated rings. The van der Waals surface area contributed by atoms with E-state index in [1.54, 1.807) is 26.0 Å². The van der Waals surface area contributed by atoms with Crippen LogP contribution in [-0.4, -0.2) is 21.4 Å². The second kappa shape index (κ2) is 3.65. The lowest BCUT2D eigenvalue weighted by molar-refractivity contribution is -0.121. The Kier molecular flexibility index (Phi) is 2.42. The molecule has 6 N–H and O–H groups in total. The zero-order chi connectivity index (χ0) is 12.6. The standard InChI is InChI=1S/C11H15N5O/c1-11(2,9(13)17)16-10-14-7-4-3-6(12)5-8(7)15-10/h3-5H,12H2,1-2H3,(H2,13,17)(H2,14,15,16). The first-order valence-electron chi connectivity index (χ1n) is 5.22. The summed E-state index contributed by atoms with van der Waals surface area (Å²) >= 11 is 0. The highest BCUT2D eigenvalue weighted by atomic mass is 16.1. The molecule has 1 aromatic heterocycles. The number of nitrogens with zero attached hydrogens (tertiary/aromatic N) is 1. The predicted octanol–water partition coefficient (Wildman–Crippen LogP) is 0.821. The van der Waals surface area contributed by atoms with Crippen LogP contribution in [0.5, 0.6) is 0 Å². The minimum absolute atomic E-state index is 0.447. The van der Waals surface area contributed by atoms with Crippen molar-refractivity contribution < 1.29 is 4.79 Å². The molecule has 0 aliphatic carbocycles. The first-order chi connectivity index (χ1) is 7.88. The molecule has 6 heteroatoms. The van der Waals surface area contributed by atoms with E-state index in [2.05, 4.69) is 15.3 Å². The van der Waals surface area contributed by atoms with Crippen molar-refractivity contribution >= 4 is 28.6 Å². The Labute approximate surface area is 98.4 Å². The number of nitrogens with one attached hydrogen (secondary N) is 2. The lowest BCUT2D eigenvalue weighted by atomic mass is 10.1. The number of H-pyrrole nitrogens is 1. The van der Waals surface area contributed by atoms with Gasteiger partial charge in [-0.3, -0.25) is 4.79 Å². The van der Waals surface area contributed by atoms with Crippen molar-refractivity contribution in [1.82, 2.24) is 9.97 Å². The molecule has 0 aliphatic rings. The van der Waals surface area contributed by atoms with Crippen molar-refractivity contribution in [3.05, 3.63) is 18.2 Å². The minimum Gasteiger partial charge on any atom is -0.399 e. The van der Waals surface area contributed by atoms with Gasteiger partial charge in [0.1, 0.15) is 5.54 Å². The molecule has 1 amide bonds. The van der Waals surface area contributed by atoms with E-state index in [1.165, 1.54) is 0 Å². The maximum atomic E-state index is 11.2. The number of hydrogen-bond acceptors (Lipinski definition) is 4. The molecular formula is C11H15N5O. The van der Waals surface area contributed by atoms with E-state index in [0.29, 0.717) is 11.6 Å². The highest BCUT2D eigenvalue weighted by Crippen LogP contribution is 2.19. The summed E-state index contributed by atoms with van der Waals surface area (Å²) in [4.78, 5) is 18.5. The number of benzene rings is 1. The van der Waals surface area contributed by atoms with Crippen molar-refractivity contribution in [1.29, 1.82) is 0 Å². The van der Waals surface area contributed by atoms with Crippen LogP contribution in [0.4, 0.5) is 11.6 Å². The third-order valence-electron chi connectivity index (χ3n) is 2.55. The summed E-state index contributed by atoms with van der Waals surface area (Å²) in [6, 6.07) is 5.36. The molecule has 2 rings (SSSR count). The number of aromatic nitrogens is 2. The summed E-state index contributed by atoms with van der Waals surface area (Å²) in [5.41, 5.74) is 12.3. The average Bonchev–Trinajstić information content (AvgIpc) is 2.57. The van der Waals surface area contributed by atoms with Gasteiger partial charge in [0.2, 0.25) is 11.9 Å². The van der Waals surface area contributed by atoms with Crippen LogP contribution in [0.2, 0.25) is 0 Å². The zero-order valence-corrected chi connectivity index (χ0v) is 9.74. The minimum atomic E-state index is -0.862. The first-order valence-corrected chi connectivity index (χ1v) is 5.22. The number of carbonyl (C=O) groups is 1. The molecule has 0 aliphatic heterocycles. The van der Waals surface area contributed by atoms with Gasteiger partial charge < -0.3 is 21.8 Å². The third-order valence-corrected chi connectivity index (χ3v) is 2.55. The zero-order valence-electron chi connectivity index (χ0n) is 9.74. The Hall–Kier alpha value is -2.24. The van der Waals surface area contributed by atoms with Crippen molar-refractivity contribution in [2.75, 3.05) is 11.1 Å². The summed E-state index contributed by atoms with van der Waals surface area (Å²) < 4.78 is 0. The molecule has 90 valence electrons. The number of nitrogens with two attached hydrogens (primary N) is 2. The van der Waals surface area contributed by atoms with Crippen molar-refractivity contribution in [3.8, 4) is 0 Å². The van der Waals surface area contributed by atoms with Gasteiger partial charge in [-0.25, -0.2) is 4.98 Å². The van der Waals surface area contributed by atoms with Crippen LogP contribution in [0.15, 0.2) is 18.2 Å². The highest BCUT2D eigenvalue weighted by molar-refractivity contribution is 5.87. The fourth-order valence-corrected chi connectivity index (χ4v) is 1.44. The van der Waals surface area contributed by atoms with E-state index in [9.17, 15) is 4.79 Å². The van der Waals surface area contributed by atoms with E-state index < -0.39 is 11.4 Å². The monoisotopic (exact) mass is 233 g/mol. The van der Waals surface area contributed by atoms with Crippen molar-refractivity contribution in [2.45, 2.75) is 19.4 Å². The van der Waals surface area contributed by atoms with Crippen molar-refractivity contribution in [3.63, 3.8) is 0 Å². The summed E-state index contributed by atoms with van der Waals surface area (Å²) in [6.07, 6.45) is 0. The smallest absolute Gasteiger partial charge is 0.242 e. The Morgan fingerprint density at radius 2 is 2.18 bits per heavy atom. The number of primary amides is 1. The van der Waals surface area contributed by atoms with Crippen LogP contribution in [-0.2, 0) is 4.79 Å². The fraction of sp³-hybridized carbons (Fsp3) is 0.273. The van der Waals surface area contributed by atoms with Gasteiger partial charge in [0, 0.05) is 5.69 Å². The largest absolute Gasteiger partial charge is 0.399 e. The molecule has 0 radical (unpaired) electrons. The van der Waals surface area contributed by atoms with Gasteiger partial charge in [-0.2, -0.15) is 0 Å². The Bertz CT molecular complexity index is 572. The number of nitrogen functional groups attached to an aromatic ring is 1. The predicted molar refractivity (Wildman–Crippen MR) is 67.4 cm³/mol. The lowest BCUT2D eigenvalue weighted by Crippen LogP contribution is -2.45. The number of carbonyl (C=O) groups excluding carboxylic acids is 1. The molecule has 1 heterocycles. The SMILES string of the molecule is CC(C)(Nc1nc2ccc(N)cc2[nH]1)C(N)=O. The average molecular weight is 233 g/mol. The van der Waals surface area contributed by atoms with Gasteiger partial charge >= 0.3 is 0 Å². The maximum Gasteiger partial charge on any atom is 0.242 e. The van der Waals surface area contributed by atoms with E-state index in [4.69, 9.17) is 11.5 Å². The summed E-state index contributed by atoms with van der Waals surface area (Å²) in [5, 5.41) is 2.94. The van der Waals surface area contributed by atoms with Gasteiger partial charge in [0.15, 0.2) is 0 Å². The Morgan fingerprint density at radius 3 is 2.82 bits per heavy atom. The number of rotatable bonds is 3. The number of hydrogen-bond donors (Lipinski definition) is 4.